The number of hydrogen-bond donors (Lipinski definition) is 2. The van der Waals surface area contributed by atoms with Crippen molar-refractivity contribution in [2.45, 2.75) is 11.8 Å². The van der Waals surface area contributed by atoms with Gasteiger partial charge in [0.2, 0.25) is 5.91 Å². The first-order valence-corrected chi connectivity index (χ1v) is 5.84. The van der Waals surface area contributed by atoms with E-state index in [1.165, 1.54) is 30.8 Å². The number of nitro benzene ring substituents is 1. The summed E-state index contributed by atoms with van der Waals surface area (Å²) in [6.45, 7) is 1.91. The molecule has 2 N–H and O–H groups in total. The lowest BCUT2D eigenvalue weighted by molar-refractivity contribution is -0.385. The second-order valence-electron chi connectivity index (χ2n) is 3.24. The zero-order valence-electron chi connectivity index (χ0n) is 9.17. The molecule has 0 aromatic heterocycles. The zero-order chi connectivity index (χ0) is 12.8. The Balaban J connectivity index is 2.54. The van der Waals surface area contributed by atoms with Crippen molar-refractivity contribution >= 4 is 23.4 Å². The second kappa shape index (κ2) is 6.09. The number of non-ortho nitro benzene ring substituents is 1. The van der Waals surface area contributed by atoms with Crippen LogP contribution in [0, 0.1) is 10.1 Å². The highest BCUT2D eigenvalue weighted by atomic mass is 32.2. The lowest BCUT2D eigenvalue weighted by atomic mass is 10.3. The molecule has 1 aromatic rings. The molecule has 6 nitrogen and oxygen atoms in total. The van der Waals surface area contributed by atoms with E-state index in [9.17, 15) is 20.0 Å². The second-order valence-corrected chi connectivity index (χ2v) is 4.38. The van der Waals surface area contributed by atoms with Gasteiger partial charge in [-0.3, -0.25) is 14.9 Å². The number of nitro groups is 1. The summed E-state index contributed by atoms with van der Waals surface area (Å²) in [6.07, 6.45) is 0. The molecule has 0 spiro atoms. The molecule has 0 heterocycles. The molecule has 17 heavy (non-hydrogen) atoms. The summed E-state index contributed by atoms with van der Waals surface area (Å²) in [6, 6.07) is 3.94. The van der Waals surface area contributed by atoms with Crippen molar-refractivity contribution in [3.05, 3.63) is 28.3 Å². The summed E-state index contributed by atoms with van der Waals surface area (Å²) >= 11 is 1.32. The Kier molecular flexibility index (Phi) is 4.77. The highest BCUT2D eigenvalue weighted by molar-refractivity contribution is 7.99. The number of thioether (sulfide) groups is 1. The van der Waals surface area contributed by atoms with Crippen LogP contribution in [0.4, 0.5) is 5.69 Å². The van der Waals surface area contributed by atoms with Gasteiger partial charge in [0.25, 0.3) is 5.69 Å². The molecule has 0 saturated carbocycles. The third-order valence-corrected chi connectivity index (χ3v) is 2.95. The number of rotatable bonds is 5. The van der Waals surface area contributed by atoms with Gasteiger partial charge in [0, 0.05) is 30.2 Å². The number of hydrogen-bond acceptors (Lipinski definition) is 5. The molecule has 1 rings (SSSR count). The number of amides is 1. The number of aromatic hydroxyl groups is 1. The van der Waals surface area contributed by atoms with Crippen LogP contribution >= 0.6 is 11.8 Å². The van der Waals surface area contributed by atoms with Crippen molar-refractivity contribution in [2.75, 3.05) is 12.3 Å². The minimum Gasteiger partial charge on any atom is -0.507 e. The maximum Gasteiger partial charge on any atom is 0.273 e. The van der Waals surface area contributed by atoms with Crippen LogP contribution in [-0.4, -0.2) is 28.2 Å². The minimum atomic E-state index is -0.564. The lowest BCUT2D eigenvalue weighted by Gasteiger charge is -2.04. The molecule has 0 atom stereocenters. The van der Waals surface area contributed by atoms with Gasteiger partial charge in [0.15, 0.2) is 0 Å². The first-order valence-electron chi connectivity index (χ1n) is 4.85. The summed E-state index contributed by atoms with van der Waals surface area (Å²) in [7, 11) is 0. The molecule has 0 bridgehead atoms. The Hall–Kier alpha value is -1.76. The van der Waals surface area contributed by atoms with Gasteiger partial charge in [-0.2, -0.15) is 0 Å². The molecular formula is C10H12N2O4S. The number of nitrogens with zero attached hydrogens (tertiary/aromatic N) is 1. The Bertz CT molecular complexity index is 436. The summed E-state index contributed by atoms with van der Waals surface area (Å²) in [4.78, 5) is 21.0. The van der Waals surface area contributed by atoms with Crippen molar-refractivity contribution in [3.63, 3.8) is 0 Å². The van der Waals surface area contributed by atoms with Crippen molar-refractivity contribution in [2.24, 2.45) is 0 Å². The SMILES string of the molecule is CC(=O)NCCSc1ccc([N+](=O)[O-])cc1O. The largest absolute Gasteiger partial charge is 0.507 e. The number of carbonyl (C=O) groups excluding carboxylic acids is 1. The van der Waals surface area contributed by atoms with Crippen LogP contribution in [0.3, 0.4) is 0 Å². The van der Waals surface area contributed by atoms with Crippen LogP contribution in [0.2, 0.25) is 0 Å². The van der Waals surface area contributed by atoms with Gasteiger partial charge in [0.1, 0.15) is 5.75 Å². The molecular weight excluding hydrogens is 244 g/mol. The quantitative estimate of drug-likeness (QED) is 0.360. The summed E-state index contributed by atoms with van der Waals surface area (Å²) in [5.41, 5.74) is -0.145. The van der Waals surface area contributed by atoms with Crippen molar-refractivity contribution in [3.8, 4) is 5.75 Å². The number of phenolic OH excluding ortho intramolecular Hbond substituents is 1. The maximum atomic E-state index is 10.6. The normalized spacial score (nSPS) is 9.94. The van der Waals surface area contributed by atoms with Gasteiger partial charge in [0.05, 0.1) is 11.0 Å². The fourth-order valence-electron chi connectivity index (χ4n) is 1.13. The highest BCUT2D eigenvalue weighted by Gasteiger charge is 2.09. The molecule has 0 aliphatic carbocycles. The minimum absolute atomic E-state index is 0.112. The number of phenols is 1. The van der Waals surface area contributed by atoms with Gasteiger partial charge in [-0.25, -0.2) is 0 Å². The van der Waals surface area contributed by atoms with E-state index in [0.717, 1.165) is 6.07 Å². The molecule has 0 radical (unpaired) electrons. The van der Waals surface area contributed by atoms with Gasteiger partial charge < -0.3 is 10.4 Å². The molecule has 0 aliphatic heterocycles. The maximum absolute atomic E-state index is 10.6. The van der Waals surface area contributed by atoms with E-state index in [0.29, 0.717) is 17.2 Å². The Morgan fingerprint density at radius 2 is 2.29 bits per heavy atom. The molecule has 7 heteroatoms. The summed E-state index contributed by atoms with van der Waals surface area (Å²) in [5.74, 6) is 0.357. The molecule has 1 aromatic carbocycles. The van der Waals surface area contributed by atoms with Crippen LogP contribution in [0.1, 0.15) is 6.92 Å². The first-order chi connectivity index (χ1) is 8.00. The highest BCUT2D eigenvalue weighted by Crippen LogP contribution is 2.31. The van der Waals surface area contributed by atoms with Gasteiger partial charge >= 0.3 is 0 Å². The van der Waals surface area contributed by atoms with Gasteiger partial charge in [-0.05, 0) is 6.07 Å². The van der Waals surface area contributed by atoms with Crippen molar-refractivity contribution in [1.29, 1.82) is 0 Å². The zero-order valence-corrected chi connectivity index (χ0v) is 9.99. The topological polar surface area (TPSA) is 92.5 Å². The first kappa shape index (κ1) is 13.3. The molecule has 0 saturated heterocycles. The van der Waals surface area contributed by atoms with Crippen molar-refractivity contribution < 1.29 is 14.8 Å². The Morgan fingerprint density at radius 3 is 2.82 bits per heavy atom. The lowest BCUT2D eigenvalue weighted by Crippen LogP contribution is -2.22. The van der Waals surface area contributed by atoms with Crippen molar-refractivity contribution in [1.82, 2.24) is 5.32 Å². The van der Waals surface area contributed by atoms with Gasteiger partial charge in [-0.15, -0.1) is 11.8 Å². The molecule has 0 aliphatic rings. The van der Waals surface area contributed by atoms with E-state index < -0.39 is 4.92 Å². The number of nitrogens with one attached hydrogen (secondary N) is 1. The van der Waals surface area contributed by atoms with Crippen LogP contribution in [-0.2, 0) is 4.79 Å². The fraction of sp³-hybridized carbons (Fsp3) is 0.300. The third kappa shape index (κ3) is 4.31. The monoisotopic (exact) mass is 256 g/mol. The smallest absolute Gasteiger partial charge is 0.273 e. The van der Waals surface area contributed by atoms with E-state index in [2.05, 4.69) is 5.32 Å². The van der Waals surface area contributed by atoms with E-state index in [-0.39, 0.29) is 17.3 Å². The van der Waals surface area contributed by atoms with Crippen LogP contribution < -0.4 is 5.32 Å². The molecule has 0 fully saturated rings. The standard InChI is InChI=1S/C10H12N2O4S/c1-7(13)11-4-5-17-10-3-2-8(12(15)16)6-9(10)14/h2-3,6,14H,4-5H2,1H3,(H,11,13). The number of carbonyl (C=O) groups is 1. The Labute approximate surface area is 102 Å². The fourth-order valence-corrected chi connectivity index (χ4v) is 1.92. The van der Waals surface area contributed by atoms with E-state index in [1.807, 2.05) is 0 Å². The Morgan fingerprint density at radius 1 is 1.59 bits per heavy atom. The van der Waals surface area contributed by atoms with Crippen LogP contribution in [0.25, 0.3) is 0 Å². The van der Waals surface area contributed by atoms with Crippen LogP contribution in [0.15, 0.2) is 23.1 Å². The van der Waals surface area contributed by atoms with E-state index in [4.69, 9.17) is 0 Å². The average Bonchev–Trinajstić information content (AvgIpc) is 2.25. The predicted octanol–water partition coefficient (Wildman–Crippen LogP) is 1.53. The molecule has 1 amide bonds. The van der Waals surface area contributed by atoms with E-state index >= 15 is 0 Å². The predicted molar refractivity (Wildman–Crippen MR) is 64.2 cm³/mol. The third-order valence-electron chi connectivity index (χ3n) is 1.89. The van der Waals surface area contributed by atoms with Crippen LogP contribution in [0.5, 0.6) is 5.75 Å². The summed E-state index contributed by atoms with van der Waals surface area (Å²) < 4.78 is 0. The summed E-state index contributed by atoms with van der Waals surface area (Å²) in [5, 5.41) is 22.6. The molecule has 0 unspecified atom stereocenters. The average molecular weight is 256 g/mol. The van der Waals surface area contributed by atoms with Gasteiger partial charge in [-0.1, -0.05) is 0 Å². The van der Waals surface area contributed by atoms with E-state index in [1.54, 1.807) is 0 Å². The number of benzene rings is 1. The molecule has 92 valence electrons.